The van der Waals surface area contributed by atoms with Crippen LogP contribution in [0.25, 0.3) is 21.6 Å². The van der Waals surface area contributed by atoms with Gasteiger partial charge in [-0.15, -0.1) is 11.3 Å². The van der Waals surface area contributed by atoms with E-state index in [2.05, 4.69) is 29.7 Å². The van der Waals surface area contributed by atoms with Crippen LogP contribution in [0.1, 0.15) is 11.3 Å². The molecule has 1 aromatic carbocycles. The Balaban J connectivity index is 1.68. The van der Waals surface area contributed by atoms with Gasteiger partial charge in [0.1, 0.15) is 5.82 Å². The van der Waals surface area contributed by atoms with Gasteiger partial charge in [0.2, 0.25) is 5.91 Å². The summed E-state index contributed by atoms with van der Waals surface area (Å²) in [5, 5.41) is 7.31. The normalized spacial score (nSPS) is 17.2. The Kier molecular flexibility index (Phi) is 3.90. The van der Waals surface area contributed by atoms with Crippen LogP contribution in [0.3, 0.4) is 0 Å². The summed E-state index contributed by atoms with van der Waals surface area (Å²) in [5.41, 5.74) is 0.927. The number of thiophene rings is 1. The zero-order chi connectivity index (χ0) is 16.5. The third kappa shape index (κ3) is 2.97. The molecule has 1 atom stereocenters. The number of aryl methyl sites for hydroxylation is 1. The average molecular weight is 338 g/mol. The van der Waals surface area contributed by atoms with Crippen LogP contribution in [0, 0.1) is 12.8 Å². The first-order valence-electron chi connectivity index (χ1n) is 8.03. The van der Waals surface area contributed by atoms with Gasteiger partial charge in [-0.1, -0.05) is 12.1 Å². The molecule has 1 amide bonds. The largest absolute Gasteiger partial charge is 0.369 e. The molecule has 1 fully saturated rings. The lowest BCUT2D eigenvalue weighted by Crippen LogP contribution is -2.18. The molecule has 4 rings (SSSR count). The molecule has 3 aromatic rings. The molecule has 3 heterocycles. The van der Waals surface area contributed by atoms with E-state index in [1.54, 1.807) is 11.3 Å². The van der Waals surface area contributed by atoms with Gasteiger partial charge < -0.3 is 10.6 Å². The van der Waals surface area contributed by atoms with E-state index in [-0.39, 0.29) is 5.91 Å². The number of nitrogens with one attached hydrogen (secondary N) is 2. The van der Waals surface area contributed by atoms with Crippen LogP contribution in [0.4, 0.5) is 5.82 Å². The molecule has 0 bridgehead atoms. The smallest absolute Gasteiger partial charge is 0.220 e. The van der Waals surface area contributed by atoms with Crippen LogP contribution in [-0.4, -0.2) is 29.0 Å². The van der Waals surface area contributed by atoms with Gasteiger partial charge in [0.25, 0.3) is 0 Å². The molecule has 1 saturated heterocycles. The summed E-state index contributed by atoms with van der Waals surface area (Å²) in [6.45, 7) is 3.53. The van der Waals surface area contributed by atoms with Crippen LogP contribution in [-0.2, 0) is 4.79 Å². The Bertz CT molecular complexity index is 905. The van der Waals surface area contributed by atoms with Crippen LogP contribution < -0.4 is 10.6 Å². The SMILES string of the molecule is Cc1ccc(-c2nc(NC[C@@H]3CNC(=O)C3)c3ccccc3n2)s1. The molecule has 0 aliphatic carbocycles. The molecule has 24 heavy (non-hydrogen) atoms. The van der Waals surface area contributed by atoms with Crippen molar-refractivity contribution in [3.63, 3.8) is 0 Å². The molecule has 0 radical (unpaired) electrons. The summed E-state index contributed by atoms with van der Waals surface area (Å²) in [7, 11) is 0. The minimum absolute atomic E-state index is 0.129. The van der Waals surface area contributed by atoms with E-state index in [1.165, 1.54) is 4.88 Å². The van der Waals surface area contributed by atoms with Gasteiger partial charge >= 0.3 is 0 Å². The number of carbonyl (C=O) groups is 1. The molecular formula is C18H18N4OS. The fourth-order valence-electron chi connectivity index (χ4n) is 2.93. The predicted molar refractivity (Wildman–Crippen MR) is 97.2 cm³/mol. The molecule has 5 nitrogen and oxygen atoms in total. The first kappa shape index (κ1) is 15.1. The van der Waals surface area contributed by atoms with Crippen molar-refractivity contribution in [1.82, 2.24) is 15.3 Å². The number of para-hydroxylation sites is 1. The Morgan fingerprint density at radius 2 is 2.12 bits per heavy atom. The zero-order valence-electron chi connectivity index (χ0n) is 13.4. The molecule has 2 N–H and O–H groups in total. The van der Waals surface area contributed by atoms with Crippen LogP contribution in [0.5, 0.6) is 0 Å². The highest BCUT2D eigenvalue weighted by Crippen LogP contribution is 2.29. The standard InChI is InChI=1S/C18H18N4OS/c1-11-6-7-15(24-11)18-21-14-5-3-2-4-13(14)17(22-18)20-10-12-8-16(23)19-9-12/h2-7,12H,8-10H2,1H3,(H,19,23)(H,20,21,22)/t12-/m0/s1. The Hall–Kier alpha value is -2.47. The third-order valence-electron chi connectivity index (χ3n) is 4.18. The summed E-state index contributed by atoms with van der Waals surface area (Å²) < 4.78 is 0. The van der Waals surface area contributed by atoms with Crippen LogP contribution >= 0.6 is 11.3 Å². The molecule has 0 saturated carbocycles. The van der Waals surface area contributed by atoms with Gasteiger partial charge in [0.05, 0.1) is 10.4 Å². The number of nitrogens with zero attached hydrogens (tertiary/aromatic N) is 2. The summed E-state index contributed by atoms with van der Waals surface area (Å²) in [5.74, 6) is 2.01. The van der Waals surface area contributed by atoms with Gasteiger partial charge in [0, 0.05) is 35.7 Å². The molecule has 122 valence electrons. The molecule has 0 spiro atoms. The van der Waals surface area contributed by atoms with E-state index in [4.69, 9.17) is 9.97 Å². The fraction of sp³-hybridized carbons (Fsp3) is 0.278. The van der Waals surface area contributed by atoms with Gasteiger partial charge in [-0.2, -0.15) is 0 Å². The summed E-state index contributed by atoms with van der Waals surface area (Å²) in [6.07, 6.45) is 0.576. The van der Waals surface area contributed by atoms with Gasteiger partial charge in [-0.3, -0.25) is 4.79 Å². The number of anilines is 1. The number of benzene rings is 1. The second kappa shape index (κ2) is 6.20. The third-order valence-corrected chi connectivity index (χ3v) is 5.18. The number of amides is 1. The number of carbonyl (C=O) groups excluding carboxylic acids is 1. The second-order valence-electron chi connectivity index (χ2n) is 6.08. The van der Waals surface area contributed by atoms with E-state index in [0.29, 0.717) is 12.3 Å². The van der Waals surface area contributed by atoms with E-state index in [1.807, 2.05) is 24.3 Å². The second-order valence-corrected chi connectivity index (χ2v) is 7.37. The number of hydrogen-bond donors (Lipinski definition) is 2. The molecule has 0 unspecified atom stereocenters. The van der Waals surface area contributed by atoms with Crippen LogP contribution in [0.15, 0.2) is 36.4 Å². The van der Waals surface area contributed by atoms with Crippen molar-refractivity contribution in [1.29, 1.82) is 0 Å². The van der Waals surface area contributed by atoms with E-state index >= 15 is 0 Å². The highest BCUT2D eigenvalue weighted by atomic mass is 32.1. The minimum Gasteiger partial charge on any atom is -0.369 e. The maximum atomic E-state index is 11.4. The van der Waals surface area contributed by atoms with Crippen molar-refractivity contribution in [2.45, 2.75) is 13.3 Å². The van der Waals surface area contributed by atoms with Crippen molar-refractivity contribution in [2.24, 2.45) is 5.92 Å². The summed E-state index contributed by atoms with van der Waals surface area (Å²) in [6, 6.07) is 12.2. The van der Waals surface area contributed by atoms with Gasteiger partial charge in [0.15, 0.2) is 5.82 Å². The van der Waals surface area contributed by atoms with E-state index in [0.717, 1.165) is 40.5 Å². The van der Waals surface area contributed by atoms with E-state index in [9.17, 15) is 4.79 Å². The zero-order valence-corrected chi connectivity index (χ0v) is 14.2. The minimum atomic E-state index is 0.129. The fourth-order valence-corrected chi connectivity index (χ4v) is 3.73. The van der Waals surface area contributed by atoms with Crippen molar-refractivity contribution in [3.05, 3.63) is 41.3 Å². The summed E-state index contributed by atoms with van der Waals surface area (Å²) >= 11 is 1.69. The molecule has 6 heteroatoms. The lowest BCUT2D eigenvalue weighted by atomic mass is 10.1. The number of aromatic nitrogens is 2. The van der Waals surface area contributed by atoms with E-state index < -0.39 is 0 Å². The monoisotopic (exact) mass is 338 g/mol. The maximum absolute atomic E-state index is 11.4. The van der Waals surface area contributed by atoms with Crippen molar-refractivity contribution >= 4 is 34.0 Å². The molecule has 1 aliphatic heterocycles. The molecule has 2 aromatic heterocycles. The highest BCUT2D eigenvalue weighted by molar-refractivity contribution is 7.15. The van der Waals surface area contributed by atoms with Gasteiger partial charge in [-0.05, 0) is 31.2 Å². The lowest BCUT2D eigenvalue weighted by Gasteiger charge is -2.13. The first-order chi connectivity index (χ1) is 11.7. The Labute approximate surface area is 144 Å². The maximum Gasteiger partial charge on any atom is 0.220 e. The number of hydrogen-bond acceptors (Lipinski definition) is 5. The van der Waals surface area contributed by atoms with Gasteiger partial charge in [-0.25, -0.2) is 9.97 Å². The van der Waals surface area contributed by atoms with Crippen molar-refractivity contribution < 1.29 is 4.79 Å². The number of fused-ring (bicyclic) bond motifs is 1. The van der Waals surface area contributed by atoms with Crippen molar-refractivity contribution in [2.75, 3.05) is 18.4 Å². The lowest BCUT2D eigenvalue weighted by molar-refractivity contribution is -0.119. The Morgan fingerprint density at radius 3 is 2.88 bits per heavy atom. The average Bonchev–Trinajstić information content (AvgIpc) is 3.21. The predicted octanol–water partition coefficient (Wildman–Crippen LogP) is 3.21. The molecular weight excluding hydrogens is 320 g/mol. The van der Waals surface area contributed by atoms with Crippen molar-refractivity contribution in [3.8, 4) is 10.7 Å². The van der Waals surface area contributed by atoms with Crippen LogP contribution in [0.2, 0.25) is 0 Å². The topological polar surface area (TPSA) is 66.9 Å². The number of rotatable bonds is 4. The quantitative estimate of drug-likeness (QED) is 0.766. The first-order valence-corrected chi connectivity index (χ1v) is 8.85. The highest BCUT2D eigenvalue weighted by Gasteiger charge is 2.21. The molecule has 1 aliphatic rings. The summed E-state index contributed by atoms with van der Waals surface area (Å²) in [4.78, 5) is 23.1. The Morgan fingerprint density at radius 1 is 1.25 bits per heavy atom.